The molecular formula is C16H18N2O3. The number of carbonyl (C=O) groups excluding carboxylic acids is 1. The predicted molar refractivity (Wildman–Crippen MR) is 76.8 cm³/mol. The molecule has 0 aromatic heterocycles. The van der Waals surface area contributed by atoms with Gasteiger partial charge in [0.1, 0.15) is 0 Å². The molecule has 2 rings (SSSR count). The van der Waals surface area contributed by atoms with E-state index in [1.165, 1.54) is 12.1 Å². The summed E-state index contributed by atoms with van der Waals surface area (Å²) in [6.45, 7) is 0.533. The summed E-state index contributed by atoms with van der Waals surface area (Å²) in [5.41, 5.74) is 0.207. The van der Waals surface area contributed by atoms with Gasteiger partial charge >= 0.3 is 5.97 Å². The predicted octanol–water partition coefficient (Wildman–Crippen LogP) is 2.44. The van der Waals surface area contributed by atoms with Crippen LogP contribution in [0.4, 0.5) is 0 Å². The van der Waals surface area contributed by atoms with Crippen molar-refractivity contribution in [3.8, 4) is 6.07 Å². The Balaban J connectivity index is 1.91. The molecule has 0 radical (unpaired) electrons. The largest absolute Gasteiger partial charge is 0.478 e. The molecule has 1 aromatic carbocycles. The van der Waals surface area contributed by atoms with Crippen LogP contribution in [0.5, 0.6) is 0 Å². The summed E-state index contributed by atoms with van der Waals surface area (Å²) < 4.78 is 0. The van der Waals surface area contributed by atoms with E-state index in [-0.39, 0.29) is 23.0 Å². The molecule has 5 heteroatoms. The Labute approximate surface area is 123 Å². The standard InChI is InChI=1S/C16H18N2O3/c17-9-11-5-7-12(8-6-11)10-18-15(19)13-3-1-2-4-14(13)16(20)21/h1-4,11-12H,5-8,10H2,(H,18,19)(H,20,21). The number of nitrogens with one attached hydrogen (secondary N) is 1. The van der Waals surface area contributed by atoms with Crippen LogP contribution >= 0.6 is 0 Å². The Morgan fingerprint density at radius 1 is 1.19 bits per heavy atom. The van der Waals surface area contributed by atoms with Crippen molar-refractivity contribution >= 4 is 11.9 Å². The summed E-state index contributed by atoms with van der Waals surface area (Å²) in [7, 11) is 0. The number of carboxylic acid groups (broad SMARTS) is 1. The summed E-state index contributed by atoms with van der Waals surface area (Å²) in [6, 6.07) is 8.48. The van der Waals surface area contributed by atoms with Gasteiger partial charge in [-0.2, -0.15) is 5.26 Å². The second-order valence-corrected chi connectivity index (χ2v) is 5.41. The SMILES string of the molecule is N#CC1CCC(CNC(=O)c2ccccc2C(=O)O)CC1. The van der Waals surface area contributed by atoms with Gasteiger partial charge in [-0.3, -0.25) is 4.79 Å². The van der Waals surface area contributed by atoms with E-state index in [4.69, 9.17) is 10.4 Å². The van der Waals surface area contributed by atoms with Crippen LogP contribution in [0.15, 0.2) is 24.3 Å². The van der Waals surface area contributed by atoms with Gasteiger partial charge in [-0.15, -0.1) is 0 Å². The van der Waals surface area contributed by atoms with Crippen molar-refractivity contribution < 1.29 is 14.7 Å². The third kappa shape index (κ3) is 3.82. The first-order valence-corrected chi connectivity index (χ1v) is 7.12. The number of benzene rings is 1. The van der Waals surface area contributed by atoms with Gasteiger partial charge in [0, 0.05) is 12.5 Å². The minimum atomic E-state index is -1.10. The van der Waals surface area contributed by atoms with Crippen molar-refractivity contribution in [2.24, 2.45) is 11.8 Å². The molecule has 0 saturated heterocycles. The molecule has 0 heterocycles. The molecule has 1 amide bonds. The smallest absolute Gasteiger partial charge is 0.336 e. The van der Waals surface area contributed by atoms with Gasteiger partial charge in [0.15, 0.2) is 0 Å². The molecular weight excluding hydrogens is 268 g/mol. The fraction of sp³-hybridized carbons (Fsp3) is 0.438. The number of nitrogens with zero attached hydrogens (tertiary/aromatic N) is 1. The average molecular weight is 286 g/mol. The van der Waals surface area contributed by atoms with Crippen molar-refractivity contribution in [2.75, 3.05) is 6.54 Å². The number of amides is 1. The number of rotatable bonds is 4. The van der Waals surface area contributed by atoms with Crippen molar-refractivity contribution in [1.29, 1.82) is 5.26 Å². The van der Waals surface area contributed by atoms with Crippen LogP contribution in [0.2, 0.25) is 0 Å². The summed E-state index contributed by atoms with van der Waals surface area (Å²) in [4.78, 5) is 23.2. The Morgan fingerprint density at radius 2 is 1.81 bits per heavy atom. The van der Waals surface area contributed by atoms with E-state index in [9.17, 15) is 9.59 Å². The molecule has 0 bridgehead atoms. The monoisotopic (exact) mass is 286 g/mol. The molecule has 21 heavy (non-hydrogen) atoms. The number of nitriles is 1. The van der Waals surface area contributed by atoms with E-state index in [2.05, 4.69) is 11.4 Å². The van der Waals surface area contributed by atoms with Crippen molar-refractivity contribution in [1.82, 2.24) is 5.32 Å². The minimum absolute atomic E-state index is 0.0168. The highest BCUT2D eigenvalue weighted by Gasteiger charge is 2.22. The van der Waals surface area contributed by atoms with Crippen LogP contribution in [-0.2, 0) is 0 Å². The Bertz CT molecular complexity index is 569. The van der Waals surface area contributed by atoms with E-state index in [0.717, 1.165) is 25.7 Å². The molecule has 5 nitrogen and oxygen atoms in total. The third-order valence-electron chi connectivity index (χ3n) is 3.98. The van der Waals surface area contributed by atoms with Crippen LogP contribution in [0.1, 0.15) is 46.4 Å². The minimum Gasteiger partial charge on any atom is -0.478 e. The van der Waals surface area contributed by atoms with Crippen LogP contribution in [0.25, 0.3) is 0 Å². The third-order valence-corrected chi connectivity index (χ3v) is 3.98. The average Bonchev–Trinajstić information content (AvgIpc) is 2.53. The number of aromatic carboxylic acids is 1. The maximum Gasteiger partial charge on any atom is 0.336 e. The van der Waals surface area contributed by atoms with Crippen molar-refractivity contribution in [2.45, 2.75) is 25.7 Å². The lowest BCUT2D eigenvalue weighted by molar-refractivity contribution is 0.0690. The first-order valence-electron chi connectivity index (χ1n) is 7.12. The summed E-state index contributed by atoms with van der Waals surface area (Å²) in [5.74, 6) is -0.939. The first kappa shape index (κ1) is 15.0. The second kappa shape index (κ2) is 6.89. The normalized spacial score (nSPS) is 21.3. The fourth-order valence-corrected chi connectivity index (χ4v) is 2.70. The molecule has 2 N–H and O–H groups in total. The van der Waals surface area contributed by atoms with Gasteiger partial charge in [-0.25, -0.2) is 4.79 Å². The van der Waals surface area contributed by atoms with Crippen molar-refractivity contribution in [3.63, 3.8) is 0 Å². The lowest BCUT2D eigenvalue weighted by Crippen LogP contribution is -2.32. The number of carbonyl (C=O) groups is 2. The van der Waals surface area contributed by atoms with Crippen molar-refractivity contribution in [3.05, 3.63) is 35.4 Å². The molecule has 1 saturated carbocycles. The van der Waals surface area contributed by atoms with E-state index in [1.54, 1.807) is 12.1 Å². The van der Waals surface area contributed by atoms with E-state index < -0.39 is 5.97 Å². The summed E-state index contributed by atoms with van der Waals surface area (Å²) in [5, 5.41) is 20.7. The lowest BCUT2D eigenvalue weighted by Gasteiger charge is -2.24. The maximum atomic E-state index is 12.1. The molecule has 0 spiro atoms. The maximum absolute atomic E-state index is 12.1. The van der Waals surface area contributed by atoms with E-state index in [0.29, 0.717) is 12.5 Å². The number of hydrogen-bond donors (Lipinski definition) is 2. The van der Waals surface area contributed by atoms with Gasteiger partial charge in [-0.05, 0) is 43.7 Å². The first-order chi connectivity index (χ1) is 10.1. The topological polar surface area (TPSA) is 90.2 Å². The quantitative estimate of drug-likeness (QED) is 0.889. The Hall–Kier alpha value is -2.35. The lowest BCUT2D eigenvalue weighted by atomic mass is 9.83. The zero-order valence-electron chi connectivity index (χ0n) is 11.7. The zero-order chi connectivity index (χ0) is 15.2. The highest BCUT2D eigenvalue weighted by atomic mass is 16.4. The van der Waals surface area contributed by atoms with Crippen LogP contribution < -0.4 is 5.32 Å². The molecule has 1 aliphatic rings. The Morgan fingerprint density at radius 3 is 2.38 bits per heavy atom. The van der Waals surface area contributed by atoms with E-state index >= 15 is 0 Å². The molecule has 0 aliphatic heterocycles. The van der Waals surface area contributed by atoms with Gasteiger partial charge in [0.2, 0.25) is 0 Å². The van der Waals surface area contributed by atoms with Gasteiger partial charge < -0.3 is 10.4 Å². The zero-order valence-corrected chi connectivity index (χ0v) is 11.7. The second-order valence-electron chi connectivity index (χ2n) is 5.41. The van der Waals surface area contributed by atoms with Gasteiger partial charge in [0.25, 0.3) is 5.91 Å². The van der Waals surface area contributed by atoms with Crippen LogP contribution in [0, 0.1) is 23.2 Å². The van der Waals surface area contributed by atoms with Gasteiger partial charge in [-0.1, -0.05) is 12.1 Å². The molecule has 0 unspecified atom stereocenters. The molecule has 1 fully saturated rings. The highest BCUT2D eigenvalue weighted by molar-refractivity contribution is 6.04. The molecule has 1 aliphatic carbocycles. The number of hydrogen-bond acceptors (Lipinski definition) is 3. The van der Waals surface area contributed by atoms with Crippen LogP contribution in [0.3, 0.4) is 0 Å². The molecule has 1 aromatic rings. The fourth-order valence-electron chi connectivity index (χ4n) is 2.70. The highest BCUT2D eigenvalue weighted by Crippen LogP contribution is 2.27. The Kier molecular flexibility index (Phi) is 4.94. The van der Waals surface area contributed by atoms with Gasteiger partial charge in [0.05, 0.1) is 17.2 Å². The number of carboxylic acids is 1. The summed E-state index contributed by atoms with van der Waals surface area (Å²) in [6.07, 6.45) is 3.61. The van der Waals surface area contributed by atoms with Crippen LogP contribution in [-0.4, -0.2) is 23.5 Å². The molecule has 110 valence electrons. The molecule has 0 atom stereocenters. The summed E-state index contributed by atoms with van der Waals surface area (Å²) >= 11 is 0. The van der Waals surface area contributed by atoms with E-state index in [1.807, 2.05) is 0 Å².